The van der Waals surface area contributed by atoms with Crippen LogP contribution in [0.5, 0.6) is 5.75 Å². The molecule has 0 saturated carbocycles. The lowest BCUT2D eigenvalue weighted by Gasteiger charge is -2.08. The fourth-order valence-corrected chi connectivity index (χ4v) is 3.90. The highest BCUT2D eigenvalue weighted by atomic mass is 32.1. The average molecular weight is 420 g/mol. The molecule has 0 unspecified atom stereocenters. The lowest BCUT2D eigenvalue weighted by molar-refractivity contribution is -0.116. The number of rotatable bonds is 7. The van der Waals surface area contributed by atoms with Gasteiger partial charge in [-0.05, 0) is 43.2 Å². The van der Waals surface area contributed by atoms with Gasteiger partial charge in [-0.2, -0.15) is 0 Å². The summed E-state index contributed by atoms with van der Waals surface area (Å²) in [6.07, 6.45) is 2.91. The molecule has 4 aromatic rings. The number of carbonyl (C=O) groups is 1. The summed E-state index contributed by atoms with van der Waals surface area (Å²) < 4.78 is 7.29. The Morgan fingerprint density at radius 3 is 2.67 bits per heavy atom. The van der Waals surface area contributed by atoms with Crippen molar-refractivity contribution >= 4 is 27.9 Å². The molecule has 2 heterocycles. The zero-order valence-electron chi connectivity index (χ0n) is 16.5. The first-order chi connectivity index (χ1) is 14.6. The number of hydrogen-bond donors (Lipinski definition) is 1. The minimum Gasteiger partial charge on any atom is -0.487 e. The van der Waals surface area contributed by atoms with E-state index in [0.29, 0.717) is 34.9 Å². The molecule has 0 atom stereocenters. The van der Waals surface area contributed by atoms with Crippen LogP contribution in [0.1, 0.15) is 22.6 Å². The van der Waals surface area contributed by atoms with Crippen molar-refractivity contribution in [3.63, 3.8) is 0 Å². The number of thiazole rings is 1. The Morgan fingerprint density at radius 2 is 1.90 bits per heavy atom. The highest BCUT2D eigenvalue weighted by Crippen LogP contribution is 2.18. The summed E-state index contributed by atoms with van der Waals surface area (Å²) in [5.74, 6) is 0.610. The second kappa shape index (κ2) is 8.92. The van der Waals surface area contributed by atoms with E-state index in [0.717, 1.165) is 10.4 Å². The minimum atomic E-state index is -0.114. The van der Waals surface area contributed by atoms with E-state index in [1.807, 2.05) is 37.3 Å². The van der Waals surface area contributed by atoms with Gasteiger partial charge in [-0.3, -0.25) is 14.0 Å². The Balaban J connectivity index is 1.31. The number of benzene rings is 2. The summed E-state index contributed by atoms with van der Waals surface area (Å²) in [7, 11) is 0. The van der Waals surface area contributed by atoms with Gasteiger partial charge in [-0.1, -0.05) is 30.3 Å². The molecule has 2 aromatic heterocycles. The van der Waals surface area contributed by atoms with E-state index in [1.54, 1.807) is 34.9 Å². The summed E-state index contributed by atoms with van der Waals surface area (Å²) in [4.78, 5) is 30.5. The zero-order chi connectivity index (χ0) is 20.9. The molecule has 0 aliphatic carbocycles. The number of aromatic nitrogens is 2. The van der Waals surface area contributed by atoms with Crippen molar-refractivity contribution in [2.75, 3.05) is 5.32 Å². The Morgan fingerprint density at radius 1 is 1.13 bits per heavy atom. The van der Waals surface area contributed by atoms with Gasteiger partial charge in [0.25, 0.3) is 5.56 Å². The Kier molecular flexibility index (Phi) is 5.90. The third-order valence-corrected chi connectivity index (χ3v) is 5.44. The van der Waals surface area contributed by atoms with Gasteiger partial charge >= 0.3 is 0 Å². The first-order valence-corrected chi connectivity index (χ1v) is 10.4. The second-order valence-electron chi connectivity index (χ2n) is 6.93. The lowest BCUT2D eigenvalue weighted by Crippen LogP contribution is -2.14. The molecule has 0 saturated heterocycles. The summed E-state index contributed by atoms with van der Waals surface area (Å²) in [6, 6.07) is 18.6. The van der Waals surface area contributed by atoms with Gasteiger partial charge in [0.15, 0.2) is 4.96 Å². The van der Waals surface area contributed by atoms with E-state index < -0.39 is 0 Å². The number of nitrogens with zero attached hydrogens (tertiary/aromatic N) is 2. The first kappa shape index (κ1) is 19.8. The van der Waals surface area contributed by atoms with Gasteiger partial charge in [-0.15, -0.1) is 11.3 Å². The average Bonchev–Trinajstić information content (AvgIpc) is 3.13. The number of carbonyl (C=O) groups excluding carboxylic acids is 1. The third-order valence-electron chi connectivity index (χ3n) is 4.54. The van der Waals surface area contributed by atoms with Crippen LogP contribution in [0.15, 0.2) is 71.7 Å². The van der Waals surface area contributed by atoms with Gasteiger partial charge in [0.05, 0.1) is 5.69 Å². The quantitative estimate of drug-likeness (QED) is 0.487. The van der Waals surface area contributed by atoms with Crippen LogP contribution in [0, 0.1) is 6.92 Å². The van der Waals surface area contributed by atoms with Gasteiger partial charge in [0.1, 0.15) is 12.4 Å². The topological polar surface area (TPSA) is 72.7 Å². The SMILES string of the molecule is Cc1cn2c(=O)cc(COc3ccc(NC(=O)CCc4ccccc4)cc3)nc2s1. The van der Waals surface area contributed by atoms with Gasteiger partial charge in [0.2, 0.25) is 5.91 Å². The van der Waals surface area contributed by atoms with Crippen molar-refractivity contribution in [3.05, 3.63) is 93.3 Å². The molecule has 152 valence electrons. The van der Waals surface area contributed by atoms with E-state index in [-0.39, 0.29) is 18.1 Å². The number of anilines is 1. The molecule has 30 heavy (non-hydrogen) atoms. The van der Waals surface area contributed by atoms with Gasteiger partial charge < -0.3 is 10.1 Å². The monoisotopic (exact) mass is 419 g/mol. The number of aryl methyl sites for hydroxylation is 2. The Hall–Kier alpha value is -3.45. The normalized spacial score (nSPS) is 10.8. The lowest BCUT2D eigenvalue weighted by atomic mass is 10.1. The summed E-state index contributed by atoms with van der Waals surface area (Å²) in [5.41, 5.74) is 2.32. The molecular formula is C23H21N3O3S. The van der Waals surface area contributed by atoms with E-state index in [1.165, 1.54) is 17.4 Å². The van der Waals surface area contributed by atoms with E-state index >= 15 is 0 Å². The van der Waals surface area contributed by atoms with Crippen LogP contribution in [-0.2, 0) is 17.8 Å². The maximum absolute atomic E-state index is 12.1. The van der Waals surface area contributed by atoms with Crippen LogP contribution in [0.3, 0.4) is 0 Å². The van der Waals surface area contributed by atoms with Gasteiger partial charge in [-0.25, -0.2) is 4.98 Å². The molecule has 0 radical (unpaired) electrons. The van der Waals surface area contributed by atoms with E-state index in [2.05, 4.69) is 10.3 Å². The van der Waals surface area contributed by atoms with Crippen LogP contribution in [0.4, 0.5) is 5.69 Å². The van der Waals surface area contributed by atoms with Gasteiger partial charge in [0, 0.05) is 29.2 Å². The minimum absolute atomic E-state index is 0.0308. The largest absolute Gasteiger partial charge is 0.487 e. The van der Waals surface area contributed by atoms with Crippen molar-refractivity contribution in [3.8, 4) is 5.75 Å². The standard InChI is InChI=1S/C23H21N3O3S/c1-16-14-26-22(28)13-19(25-23(26)30-16)15-29-20-10-8-18(9-11-20)24-21(27)12-7-17-5-3-2-4-6-17/h2-6,8-11,13-14H,7,12,15H2,1H3,(H,24,27). The number of fused-ring (bicyclic) bond motifs is 1. The van der Waals surface area contributed by atoms with Crippen LogP contribution >= 0.6 is 11.3 Å². The number of amides is 1. The van der Waals surface area contributed by atoms with Crippen LogP contribution < -0.4 is 15.6 Å². The molecule has 1 amide bonds. The van der Waals surface area contributed by atoms with Crippen molar-refractivity contribution in [2.45, 2.75) is 26.4 Å². The highest BCUT2D eigenvalue weighted by molar-refractivity contribution is 7.16. The molecule has 0 bridgehead atoms. The third kappa shape index (κ3) is 4.93. The molecule has 0 aliphatic heterocycles. The molecule has 0 fully saturated rings. The Bertz CT molecular complexity index is 1210. The fourth-order valence-electron chi connectivity index (χ4n) is 3.05. The second-order valence-corrected chi connectivity index (χ2v) is 8.14. The van der Waals surface area contributed by atoms with E-state index in [9.17, 15) is 9.59 Å². The van der Waals surface area contributed by atoms with Crippen LogP contribution in [-0.4, -0.2) is 15.3 Å². The molecule has 0 spiro atoms. The summed E-state index contributed by atoms with van der Waals surface area (Å²) >= 11 is 1.47. The zero-order valence-corrected chi connectivity index (χ0v) is 17.3. The van der Waals surface area contributed by atoms with Crippen molar-refractivity contribution in [1.82, 2.24) is 9.38 Å². The molecule has 7 heteroatoms. The predicted molar refractivity (Wildman–Crippen MR) is 118 cm³/mol. The fraction of sp³-hybridized carbons (Fsp3) is 0.174. The molecular weight excluding hydrogens is 398 g/mol. The first-order valence-electron chi connectivity index (χ1n) is 9.62. The maximum atomic E-state index is 12.1. The van der Waals surface area contributed by atoms with Crippen LogP contribution in [0.25, 0.3) is 4.96 Å². The number of ether oxygens (including phenoxy) is 1. The predicted octanol–water partition coefficient (Wildman–Crippen LogP) is 4.21. The van der Waals surface area contributed by atoms with Crippen molar-refractivity contribution in [2.24, 2.45) is 0 Å². The summed E-state index contributed by atoms with van der Waals surface area (Å²) in [5, 5.41) is 2.89. The summed E-state index contributed by atoms with van der Waals surface area (Å²) in [6.45, 7) is 2.14. The van der Waals surface area contributed by atoms with Crippen LogP contribution in [0.2, 0.25) is 0 Å². The maximum Gasteiger partial charge on any atom is 0.258 e. The van der Waals surface area contributed by atoms with E-state index in [4.69, 9.17) is 4.74 Å². The van der Waals surface area contributed by atoms with Crippen molar-refractivity contribution in [1.29, 1.82) is 0 Å². The molecule has 2 aromatic carbocycles. The number of hydrogen-bond acceptors (Lipinski definition) is 5. The molecule has 0 aliphatic rings. The highest BCUT2D eigenvalue weighted by Gasteiger charge is 2.07. The smallest absolute Gasteiger partial charge is 0.258 e. The van der Waals surface area contributed by atoms with Crippen molar-refractivity contribution < 1.29 is 9.53 Å². The molecule has 4 rings (SSSR count). The molecule has 6 nitrogen and oxygen atoms in total. The molecule has 1 N–H and O–H groups in total. The number of nitrogens with one attached hydrogen (secondary N) is 1. The Labute approximate surface area is 177 Å².